The molecule has 1 aromatic heterocycles. The molecule has 0 atom stereocenters. The summed E-state index contributed by atoms with van der Waals surface area (Å²) < 4.78 is 0. The molecule has 0 bridgehead atoms. The van der Waals surface area contributed by atoms with Crippen molar-refractivity contribution in [3.63, 3.8) is 0 Å². The summed E-state index contributed by atoms with van der Waals surface area (Å²) in [6.07, 6.45) is 8.13. The second kappa shape index (κ2) is 6.15. The van der Waals surface area contributed by atoms with E-state index in [2.05, 4.69) is 10.3 Å². The van der Waals surface area contributed by atoms with E-state index in [1.54, 1.807) is 6.20 Å². The fourth-order valence-electron chi connectivity index (χ4n) is 2.72. The third-order valence-corrected chi connectivity index (χ3v) is 4.09. The van der Waals surface area contributed by atoms with E-state index in [4.69, 9.17) is 5.73 Å². The van der Waals surface area contributed by atoms with Crippen LogP contribution < -0.4 is 11.1 Å². The monoisotopic (exact) mass is 261 g/mol. The van der Waals surface area contributed by atoms with Crippen molar-refractivity contribution >= 4 is 11.7 Å². The number of rotatable bonds is 3. The van der Waals surface area contributed by atoms with Gasteiger partial charge in [0, 0.05) is 12.7 Å². The highest BCUT2D eigenvalue weighted by molar-refractivity contribution is 5.94. The van der Waals surface area contributed by atoms with Gasteiger partial charge in [-0.1, -0.05) is 31.7 Å². The molecule has 0 unspecified atom stereocenters. The summed E-state index contributed by atoms with van der Waals surface area (Å²) in [6, 6.07) is 3.79. The van der Waals surface area contributed by atoms with Gasteiger partial charge in [0.05, 0.1) is 5.41 Å². The van der Waals surface area contributed by atoms with Crippen molar-refractivity contribution in [2.75, 3.05) is 11.9 Å². The molecule has 3 N–H and O–H groups in total. The third kappa shape index (κ3) is 3.32. The van der Waals surface area contributed by atoms with Gasteiger partial charge in [0.15, 0.2) is 0 Å². The number of carbonyl (C=O) groups is 1. The maximum absolute atomic E-state index is 12.5. The number of nitrogens with zero attached hydrogens (tertiary/aromatic N) is 1. The molecule has 0 saturated heterocycles. The van der Waals surface area contributed by atoms with Crippen LogP contribution in [0.25, 0.3) is 0 Å². The second-order valence-corrected chi connectivity index (χ2v) is 5.57. The Balaban J connectivity index is 2.09. The van der Waals surface area contributed by atoms with E-state index < -0.39 is 5.41 Å². The van der Waals surface area contributed by atoms with Crippen LogP contribution in [-0.2, 0) is 4.79 Å². The van der Waals surface area contributed by atoms with Crippen LogP contribution >= 0.6 is 0 Å². The lowest BCUT2D eigenvalue weighted by molar-refractivity contribution is -0.125. The molecular weight excluding hydrogens is 238 g/mol. The van der Waals surface area contributed by atoms with Crippen LogP contribution in [0.4, 0.5) is 5.82 Å². The maximum Gasteiger partial charge on any atom is 0.233 e. The molecule has 19 heavy (non-hydrogen) atoms. The SMILES string of the molecule is Cc1ccc(NC(=O)C2(CN)CCCCCC2)nc1. The van der Waals surface area contributed by atoms with Gasteiger partial charge in [0.25, 0.3) is 0 Å². The van der Waals surface area contributed by atoms with Gasteiger partial charge in [-0.3, -0.25) is 4.79 Å². The first-order valence-corrected chi connectivity index (χ1v) is 7.10. The van der Waals surface area contributed by atoms with Gasteiger partial charge in [0.2, 0.25) is 5.91 Å². The average molecular weight is 261 g/mol. The highest BCUT2D eigenvalue weighted by atomic mass is 16.2. The fourth-order valence-corrected chi connectivity index (χ4v) is 2.72. The van der Waals surface area contributed by atoms with Crippen molar-refractivity contribution in [3.05, 3.63) is 23.9 Å². The van der Waals surface area contributed by atoms with Gasteiger partial charge in [0.1, 0.15) is 5.82 Å². The van der Waals surface area contributed by atoms with Crippen molar-refractivity contribution < 1.29 is 4.79 Å². The van der Waals surface area contributed by atoms with E-state index in [0.717, 1.165) is 31.2 Å². The lowest BCUT2D eigenvalue weighted by Gasteiger charge is -2.29. The van der Waals surface area contributed by atoms with Gasteiger partial charge in [-0.25, -0.2) is 4.98 Å². The Labute approximate surface area is 114 Å². The van der Waals surface area contributed by atoms with Crippen LogP contribution in [0.5, 0.6) is 0 Å². The number of amides is 1. The van der Waals surface area contributed by atoms with Crippen LogP contribution in [0, 0.1) is 12.3 Å². The first-order chi connectivity index (χ1) is 9.16. The summed E-state index contributed by atoms with van der Waals surface area (Å²) in [5.74, 6) is 0.654. The van der Waals surface area contributed by atoms with E-state index in [0.29, 0.717) is 12.4 Å². The molecule has 0 radical (unpaired) electrons. The maximum atomic E-state index is 12.5. The van der Waals surface area contributed by atoms with E-state index >= 15 is 0 Å². The molecule has 0 aromatic carbocycles. The van der Waals surface area contributed by atoms with Crippen LogP contribution in [0.3, 0.4) is 0 Å². The van der Waals surface area contributed by atoms with Crippen molar-refractivity contribution in [2.24, 2.45) is 11.1 Å². The zero-order valence-electron chi connectivity index (χ0n) is 11.6. The number of aromatic nitrogens is 1. The Morgan fingerprint density at radius 3 is 2.53 bits per heavy atom. The Morgan fingerprint density at radius 2 is 2.00 bits per heavy atom. The topological polar surface area (TPSA) is 68.0 Å². The molecule has 1 aromatic rings. The summed E-state index contributed by atoms with van der Waals surface area (Å²) in [6.45, 7) is 2.40. The number of pyridine rings is 1. The molecule has 1 heterocycles. The van der Waals surface area contributed by atoms with Crippen LogP contribution in [0.2, 0.25) is 0 Å². The minimum Gasteiger partial charge on any atom is -0.329 e. The van der Waals surface area contributed by atoms with Gasteiger partial charge in [-0.2, -0.15) is 0 Å². The van der Waals surface area contributed by atoms with Gasteiger partial charge < -0.3 is 11.1 Å². The lowest BCUT2D eigenvalue weighted by atomic mass is 9.79. The predicted octanol–water partition coefficient (Wildman–Crippen LogP) is 2.63. The molecule has 104 valence electrons. The minimum absolute atomic E-state index is 0.0354. The van der Waals surface area contributed by atoms with Gasteiger partial charge in [-0.15, -0.1) is 0 Å². The summed E-state index contributed by atoms with van der Waals surface area (Å²) in [5.41, 5.74) is 6.59. The standard InChI is InChI=1S/C15H23N3O/c1-12-6-7-13(17-10-12)18-14(19)15(11-16)8-4-2-3-5-9-15/h6-7,10H,2-5,8-9,11,16H2,1H3,(H,17,18,19). The average Bonchev–Trinajstić information content (AvgIpc) is 2.67. The predicted molar refractivity (Wildman–Crippen MR) is 76.8 cm³/mol. The highest BCUT2D eigenvalue weighted by Crippen LogP contribution is 2.35. The minimum atomic E-state index is -0.400. The Hall–Kier alpha value is -1.42. The number of anilines is 1. The van der Waals surface area contributed by atoms with Gasteiger partial charge >= 0.3 is 0 Å². The van der Waals surface area contributed by atoms with Crippen molar-refractivity contribution in [2.45, 2.75) is 45.4 Å². The Morgan fingerprint density at radius 1 is 1.32 bits per heavy atom. The molecule has 4 heteroatoms. The van der Waals surface area contributed by atoms with Crippen LogP contribution in [0.15, 0.2) is 18.3 Å². The largest absolute Gasteiger partial charge is 0.329 e. The second-order valence-electron chi connectivity index (χ2n) is 5.57. The van der Waals surface area contributed by atoms with Crippen molar-refractivity contribution in [1.82, 2.24) is 4.98 Å². The number of nitrogens with one attached hydrogen (secondary N) is 1. The molecular formula is C15H23N3O. The summed E-state index contributed by atoms with van der Waals surface area (Å²) in [7, 11) is 0. The third-order valence-electron chi connectivity index (χ3n) is 4.09. The first kappa shape index (κ1) is 14.0. The molecule has 1 fully saturated rings. The molecule has 1 aliphatic rings. The summed E-state index contributed by atoms with van der Waals surface area (Å²) >= 11 is 0. The summed E-state index contributed by atoms with van der Waals surface area (Å²) in [5, 5.41) is 2.93. The molecule has 1 saturated carbocycles. The molecule has 1 amide bonds. The Bertz CT molecular complexity index is 420. The summed E-state index contributed by atoms with van der Waals surface area (Å²) in [4.78, 5) is 16.8. The van der Waals surface area contributed by atoms with Gasteiger partial charge in [-0.05, 0) is 31.4 Å². The number of nitrogens with two attached hydrogens (primary N) is 1. The smallest absolute Gasteiger partial charge is 0.233 e. The lowest BCUT2D eigenvalue weighted by Crippen LogP contribution is -2.42. The normalized spacial score (nSPS) is 18.6. The first-order valence-electron chi connectivity index (χ1n) is 7.10. The van der Waals surface area contributed by atoms with Crippen molar-refractivity contribution in [1.29, 1.82) is 0 Å². The molecule has 2 rings (SSSR count). The van der Waals surface area contributed by atoms with E-state index in [1.807, 2.05) is 19.1 Å². The van der Waals surface area contributed by atoms with Crippen LogP contribution in [-0.4, -0.2) is 17.4 Å². The molecule has 0 aliphatic heterocycles. The van der Waals surface area contributed by atoms with E-state index in [1.165, 1.54) is 12.8 Å². The molecule has 1 aliphatic carbocycles. The zero-order valence-corrected chi connectivity index (χ0v) is 11.6. The molecule has 0 spiro atoms. The number of carbonyl (C=O) groups excluding carboxylic acids is 1. The highest BCUT2D eigenvalue weighted by Gasteiger charge is 2.37. The number of hydrogen-bond acceptors (Lipinski definition) is 3. The zero-order chi connectivity index (χ0) is 13.7. The number of aryl methyl sites for hydroxylation is 1. The Kier molecular flexibility index (Phi) is 4.53. The quantitative estimate of drug-likeness (QED) is 0.822. The van der Waals surface area contributed by atoms with Crippen molar-refractivity contribution in [3.8, 4) is 0 Å². The molecule has 4 nitrogen and oxygen atoms in total. The van der Waals surface area contributed by atoms with Crippen LogP contribution in [0.1, 0.15) is 44.1 Å². The number of hydrogen-bond donors (Lipinski definition) is 2. The van der Waals surface area contributed by atoms with E-state index in [9.17, 15) is 4.79 Å². The fraction of sp³-hybridized carbons (Fsp3) is 0.600. The van der Waals surface area contributed by atoms with E-state index in [-0.39, 0.29) is 5.91 Å².